The maximum absolute atomic E-state index is 14.9. The van der Waals surface area contributed by atoms with Crippen LogP contribution < -0.4 is 15.4 Å². The van der Waals surface area contributed by atoms with Crippen molar-refractivity contribution in [3.63, 3.8) is 0 Å². The molecule has 0 unspecified atom stereocenters. The Hall–Kier alpha value is -3.10. The lowest BCUT2D eigenvalue weighted by Gasteiger charge is -2.14. The third-order valence-electron chi connectivity index (χ3n) is 6.08. The number of pyridine rings is 1. The second-order valence-corrected chi connectivity index (χ2v) is 9.95. The van der Waals surface area contributed by atoms with Crippen LogP contribution in [0.5, 0.6) is 11.5 Å². The number of alkyl halides is 3. The van der Waals surface area contributed by atoms with E-state index in [1.54, 1.807) is 11.8 Å². The van der Waals surface area contributed by atoms with Gasteiger partial charge in [-0.3, -0.25) is 0 Å². The Labute approximate surface area is 225 Å². The lowest BCUT2D eigenvalue weighted by molar-refractivity contribution is -0.136. The Morgan fingerprint density at radius 2 is 2.05 bits per heavy atom. The van der Waals surface area contributed by atoms with Crippen LogP contribution in [-0.4, -0.2) is 53.0 Å². The minimum absolute atomic E-state index is 0.122. The van der Waals surface area contributed by atoms with E-state index in [9.17, 15) is 26.7 Å². The summed E-state index contributed by atoms with van der Waals surface area (Å²) in [5, 5.41) is 4.64. The standard InChI is InChI=1S/C25H27F5N4O4S/c1-3-16(39-2)12-37-13-34-10-17(25(28,29)30)21-20(4-6-31-23(21)34)38-22-18(26)8-15(9-19(22)27)33-24(35)32-14-5-7-36-11-14/h4,6,8-10,14,16H,3,5,7,11-13H2,1-2H3,(H2,32,33,35)/t14-,16-/m0/s1. The quantitative estimate of drug-likeness (QED) is 0.283. The van der Waals surface area contributed by atoms with Crippen molar-refractivity contribution in [2.75, 3.05) is 31.4 Å². The average molecular weight is 575 g/mol. The maximum atomic E-state index is 14.9. The minimum atomic E-state index is -4.81. The minimum Gasteiger partial charge on any atom is -0.450 e. The molecule has 2 N–H and O–H groups in total. The van der Waals surface area contributed by atoms with Gasteiger partial charge in [-0.05, 0) is 25.2 Å². The van der Waals surface area contributed by atoms with Gasteiger partial charge in [0.2, 0.25) is 0 Å². The SMILES string of the molecule is CC[C@@H](COCn1cc(C(F)(F)F)c2c(Oc3c(F)cc(NC(=O)N[C@H]4CCOC4)cc3F)ccnc21)SC. The van der Waals surface area contributed by atoms with Crippen LogP contribution in [0.15, 0.2) is 30.6 Å². The van der Waals surface area contributed by atoms with Crippen LogP contribution >= 0.6 is 11.8 Å². The molecule has 3 heterocycles. The van der Waals surface area contributed by atoms with Crippen molar-refractivity contribution in [1.29, 1.82) is 0 Å². The average Bonchev–Trinajstić information content (AvgIpc) is 3.52. The van der Waals surface area contributed by atoms with Crippen molar-refractivity contribution >= 4 is 34.5 Å². The van der Waals surface area contributed by atoms with Crippen LogP contribution in [0.3, 0.4) is 0 Å². The lowest BCUT2D eigenvalue weighted by Crippen LogP contribution is -2.38. The number of anilines is 1. The Morgan fingerprint density at radius 3 is 2.67 bits per heavy atom. The van der Waals surface area contributed by atoms with Gasteiger partial charge in [-0.1, -0.05) is 6.92 Å². The van der Waals surface area contributed by atoms with E-state index in [0.29, 0.717) is 26.2 Å². The predicted octanol–water partition coefficient (Wildman–Crippen LogP) is 6.15. The first-order valence-electron chi connectivity index (χ1n) is 12.1. The number of thioether (sulfide) groups is 1. The fourth-order valence-corrected chi connectivity index (χ4v) is 4.63. The van der Waals surface area contributed by atoms with Gasteiger partial charge in [0.05, 0.1) is 30.2 Å². The molecule has 0 saturated carbocycles. The molecule has 3 aromatic rings. The van der Waals surface area contributed by atoms with Gasteiger partial charge in [-0.2, -0.15) is 24.9 Å². The number of amides is 2. The zero-order valence-electron chi connectivity index (χ0n) is 21.1. The molecule has 2 amide bonds. The van der Waals surface area contributed by atoms with Gasteiger partial charge in [-0.25, -0.2) is 18.6 Å². The number of hydrogen-bond acceptors (Lipinski definition) is 6. The molecule has 212 valence electrons. The number of carbonyl (C=O) groups is 1. The number of benzene rings is 1. The van der Waals surface area contributed by atoms with Crippen molar-refractivity contribution < 1.29 is 41.0 Å². The van der Waals surface area contributed by atoms with Crippen LogP contribution in [0.4, 0.5) is 32.4 Å². The maximum Gasteiger partial charge on any atom is 0.418 e. The molecule has 2 atom stereocenters. The first-order valence-corrected chi connectivity index (χ1v) is 13.4. The summed E-state index contributed by atoms with van der Waals surface area (Å²) in [5.41, 5.74) is -1.42. The monoisotopic (exact) mass is 574 g/mol. The van der Waals surface area contributed by atoms with E-state index in [4.69, 9.17) is 14.2 Å². The Balaban J connectivity index is 1.59. The van der Waals surface area contributed by atoms with Gasteiger partial charge in [0.1, 0.15) is 18.1 Å². The summed E-state index contributed by atoms with van der Waals surface area (Å²) in [6, 6.07) is 1.79. The molecule has 1 fully saturated rings. The molecule has 39 heavy (non-hydrogen) atoms. The van der Waals surface area contributed by atoms with E-state index in [0.717, 1.165) is 30.8 Å². The van der Waals surface area contributed by atoms with Crippen LogP contribution in [0.2, 0.25) is 0 Å². The van der Waals surface area contributed by atoms with Crippen LogP contribution in [0, 0.1) is 11.6 Å². The molecule has 1 aliphatic rings. The van der Waals surface area contributed by atoms with Gasteiger partial charge < -0.3 is 29.4 Å². The second kappa shape index (κ2) is 12.4. The van der Waals surface area contributed by atoms with Crippen molar-refractivity contribution in [2.24, 2.45) is 0 Å². The molecule has 1 saturated heterocycles. The van der Waals surface area contributed by atoms with E-state index < -0.39 is 46.3 Å². The van der Waals surface area contributed by atoms with E-state index in [-0.39, 0.29) is 29.4 Å². The number of nitrogens with zero attached hydrogens (tertiary/aromatic N) is 2. The van der Waals surface area contributed by atoms with Crippen molar-refractivity contribution in [2.45, 2.75) is 44.0 Å². The number of carbonyl (C=O) groups excluding carboxylic acids is 1. The highest BCUT2D eigenvalue weighted by Gasteiger charge is 2.37. The molecule has 0 aliphatic carbocycles. The molecule has 0 bridgehead atoms. The summed E-state index contributed by atoms with van der Waals surface area (Å²) in [5.74, 6) is -3.82. The lowest BCUT2D eigenvalue weighted by atomic mass is 10.2. The van der Waals surface area contributed by atoms with Crippen LogP contribution in [-0.2, 0) is 22.4 Å². The van der Waals surface area contributed by atoms with Gasteiger partial charge >= 0.3 is 12.2 Å². The number of halogens is 5. The molecular weight excluding hydrogens is 547 g/mol. The number of hydrogen-bond donors (Lipinski definition) is 2. The smallest absolute Gasteiger partial charge is 0.418 e. The Bertz CT molecular complexity index is 1290. The van der Waals surface area contributed by atoms with Gasteiger partial charge in [-0.15, -0.1) is 0 Å². The number of ether oxygens (including phenoxy) is 3. The molecule has 0 radical (unpaired) electrons. The highest BCUT2D eigenvalue weighted by atomic mass is 32.2. The molecule has 14 heteroatoms. The molecule has 8 nitrogen and oxygen atoms in total. The topological polar surface area (TPSA) is 86.6 Å². The highest BCUT2D eigenvalue weighted by molar-refractivity contribution is 7.99. The van der Waals surface area contributed by atoms with Gasteiger partial charge in [0.25, 0.3) is 0 Å². The number of urea groups is 1. The Morgan fingerprint density at radius 1 is 1.31 bits per heavy atom. The van der Waals surface area contributed by atoms with Crippen molar-refractivity contribution in [1.82, 2.24) is 14.9 Å². The van der Waals surface area contributed by atoms with E-state index in [2.05, 4.69) is 15.6 Å². The zero-order chi connectivity index (χ0) is 28.2. The molecule has 1 aromatic carbocycles. The van der Waals surface area contributed by atoms with Crippen LogP contribution in [0.25, 0.3) is 11.0 Å². The summed E-state index contributed by atoms with van der Waals surface area (Å²) in [4.78, 5) is 16.1. The number of aromatic nitrogens is 2. The normalized spacial score (nSPS) is 16.4. The largest absolute Gasteiger partial charge is 0.450 e. The third-order valence-corrected chi connectivity index (χ3v) is 7.22. The molecule has 4 rings (SSSR count). The summed E-state index contributed by atoms with van der Waals surface area (Å²) in [6.45, 7) is 2.90. The van der Waals surface area contributed by atoms with Gasteiger partial charge in [0.15, 0.2) is 17.4 Å². The second-order valence-electron chi connectivity index (χ2n) is 8.81. The molecule has 1 aliphatic heterocycles. The van der Waals surface area contributed by atoms with Crippen LogP contribution in [0.1, 0.15) is 25.3 Å². The fraction of sp³-hybridized carbons (Fsp3) is 0.440. The number of rotatable bonds is 10. The van der Waals surface area contributed by atoms with Crippen molar-refractivity contribution in [3.05, 3.63) is 47.8 Å². The molecular formula is C25H27F5N4O4S. The Kier molecular flexibility index (Phi) is 9.18. The molecule has 0 spiro atoms. The summed E-state index contributed by atoms with van der Waals surface area (Å²) < 4.78 is 88.9. The van der Waals surface area contributed by atoms with Gasteiger partial charge in [0, 0.05) is 42.1 Å². The first kappa shape index (κ1) is 28.9. The van der Waals surface area contributed by atoms with E-state index in [1.165, 1.54) is 10.8 Å². The highest BCUT2D eigenvalue weighted by Crippen LogP contribution is 2.42. The molecule has 2 aromatic heterocycles. The number of fused-ring (bicyclic) bond motifs is 1. The summed E-state index contributed by atoms with van der Waals surface area (Å²) in [6.07, 6.45) is 0.541. The summed E-state index contributed by atoms with van der Waals surface area (Å²) >= 11 is 1.58. The van der Waals surface area contributed by atoms with E-state index in [1.807, 2.05) is 13.2 Å². The predicted molar refractivity (Wildman–Crippen MR) is 136 cm³/mol. The summed E-state index contributed by atoms with van der Waals surface area (Å²) in [7, 11) is 0. The first-order chi connectivity index (χ1) is 18.6. The van der Waals surface area contributed by atoms with Crippen molar-refractivity contribution in [3.8, 4) is 11.5 Å². The zero-order valence-corrected chi connectivity index (χ0v) is 21.9. The third kappa shape index (κ3) is 6.92. The van der Waals surface area contributed by atoms with E-state index >= 15 is 0 Å². The fourth-order valence-electron chi connectivity index (χ4n) is 4.06. The number of nitrogens with one attached hydrogen (secondary N) is 2.